The number of piperidine rings is 1. The van der Waals surface area contributed by atoms with Crippen molar-refractivity contribution in [1.82, 2.24) is 9.88 Å². The lowest BCUT2D eigenvalue weighted by molar-refractivity contribution is -0.153. The topological polar surface area (TPSA) is 70.5 Å². The van der Waals surface area contributed by atoms with Gasteiger partial charge in [-0.15, -0.1) is 11.3 Å². The number of rotatable bonds is 4. The zero-order valence-corrected chi connectivity index (χ0v) is 12.7. The fraction of sp³-hybridized carbons (Fsp3) is 0.643. The van der Waals surface area contributed by atoms with Crippen LogP contribution >= 0.6 is 11.3 Å². The van der Waals surface area contributed by atoms with E-state index in [1.54, 1.807) is 0 Å². The molecule has 1 amide bonds. The SMILES string of the molecule is CCC1CCN(C(=O)Cc2csc(C)n2)C(C(=O)O)C1. The van der Waals surface area contributed by atoms with E-state index in [-0.39, 0.29) is 12.3 Å². The summed E-state index contributed by atoms with van der Waals surface area (Å²) in [7, 11) is 0. The molecule has 20 heavy (non-hydrogen) atoms. The van der Waals surface area contributed by atoms with Gasteiger partial charge in [0.1, 0.15) is 6.04 Å². The van der Waals surface area contributed by atoms with Crippen molar-refractivity contribution in [3.8, 4) is 0 Å². The molecule has 1 aliphatic heterocycles. The maximum Gasteiger partial charge on any atom is 0.326 e. The predicted octanol–water partition coefficient (Wildman–Crippen LogP) is 2.10. The third-order valence-electron chi connectivity index (χ3n) is 3.89. The van der Waals surface area contributed by atoms with Crippen molar-refractivity contribution < 1.29 is 14.7 Å². The van der Waals surface area contributed by atoms with E-state index in [1.165, 1.54) is 16.2 Å². The summed E-state index contributed by atoms with van der Waals surface area (Å²) in [4.78, 5) is 29.5. The lowest BCUT2D eigenvalue weighted by Gasteiger charge is -2.36. The Labute approximate surface area is 122 Å². The molecule has 1 N–H and O–H groups in total. The Balaban J connectivity index is 2.05. The van der Waals surface area contributed by atoms with E-state index in [9.17, 15) is 14.7 Å². The lowest BCUT2D eigenvalue weighted by Crippen LogP contribution is -2.50. The first-order valence-electron chi connectivity index (χ1n) is 6.94. The summed E-state index contributed by atoms with van der Waals surface area (Å²) in [5.41, 5.74) is 0.735. The average Bonchev–Trinajstić information content (AvgIpc) is 2.83. The molecule has 2 atom stereocenters. The van der Waals surface area contributed by atoms with Crippen LogP contribution in [0.15, 0.2) is 5.38 Å². The van der Waals surface area contributed by atoms with Gasteiger partial charge in [0, 0.05) is 11.9 Å². The third kappa shape index (κ3) is 3.36. The summed E-state index contributed by atoms with van der Waals surface area (Å²) < 4.78 is 0. The molecule has 0 aromatic carbocycles. The summed E-state index contributed by atoms with van der Waals surface area (Å²) in [6, 6.07) is -0.680. The van der Waals surface area contributed by atoms with Crippen molar-refractivity contribution >= 4 is 23.2 Å². The number of aliphatic carboxylic acids is 1. The second-order valence-electron chi connectivity index (χ2n) is 5.27. The van der Waals surface area contributed by atoms with Crippen molar-refractivity contribution in [2.45, 2.75) is 45.6 Å². The van der Waals surface area contributed by atoms with Gasteiger partial charge in [0.25, 0.3) is 0 Å². The first-order chi connectivity index (χ1) is 9.51. The van der Waals surface area contributed by atoms with Crippen LogP contribution in [0.5, 0.6) is 0 Å². The van der Waals surface area contributed by atoms with Crippen LogP contribution in [0, 0.1) is 12.8 Å². The van der Waals surface area contributed by atoms with Gasteiger partial charge in [-0.05, 0) is 25.7 Å². The highest BCUT2D eigenvalue weighted by Gasteiger charge is 2.35. The van der Waals surface area contributed by atoms with Gasteiger partial charge < -0.3 is 10.0 Å². The average molecular weight is 296 g/mol. The number of aromatic nitrogens is 1. The van der Waals surface area contributed by atoms with Gasteiger partial charge in [0.05, 0.1) is 17.1 Å². The summed E-state index contributed by atoms with van der Waals surface area (Å²) in [5, 5.41) is 12.1. The molecule has 2 heterocycles. The fourth-order valence-electron chi connectivity index (χ4n) is 2.69. The van der Waals surface area contributed by atoms with Crippen LogP contribution in [0.4, 0.5) is 0 Å². The molecule has 5 nitrogen and oxygen atoms in total. The largest absolute Gasteiger partial charge is 0.480 e. The number of carboxylic acids is 1. The van der Waals surface area contributed by atoms with Gasteiger partial charge >= 0.3 is 5.97 Å². The quantitative estimate of drug-likeness (QED) is 0.923. The summed E-state index contributed by atoms with van der Waals surface area (Å²) in [6.45, 7) is 4.50. The molecule has 2 unspecified atom stereocenters. The number of nitrogens with zero attached hydrogens (tertiary/aromatic N) is 2. The number of carboxylic acid groups (broad SMARTS) is 1. The highest BCUT2D eigenvalue weighted by molar-refractivity contribution is 7.09. The zero-order valence-electron chi connectivity index (χ0n) is 11.8. The number of hydrogen-bond donors (Lipinski definition) is 1. The minimum absolute atomic E-state index is 0.128. The summed E-state index contributed by atoms with van der Waals surface area (Å²) in [5.74, 6) is -0.620. The highest BCUT2D eigenvalue weighted by atomic mass is 32.1. The minimum atomic E-state index is -0.897. The maximum absolute atomic E-state index is 12.3. The third-order valence-corrected chi connectivity index (χ3v) is 4.72. The first-order valence-corrected chi connectivity index (χ1v) is 7.82. The van der Waals surface area contributed by atoms with E-state index in [2.05, 4.69) is 11.9 Å². The van der Waals surface area contributed by atoms with Crippen LogP contribution in [0.3, 0.4) is 0 Å². The van der Waals surface area contributed by atoms with Crippen molar-refractivity contribution in [1.29, 1.82) is 0 Å². The van der Waals surface area contributed by atoms with Crippen LogP contribution in [-0.4, -0.2) is 39.5 Å². The van der Waals surface area contributed by atoms with Crippen LogP contribution < -0.4 is 0 Å². The summed E-state index contributed by atoms with van der Waals surface area (Å²) in [6.07, 6.45) is 2.62. The van der Waals surface area contributed by atoms with Crippen molar-refractivity contribution in [3.05, 3.63) is 16.1 Å². The Morgan fingerprint density at radius 1 is 1.55 bits per heavy atom. The number of amides is 1. The molecule has 0 bridgehead atoms. The van der Waals surface area contributed by atoms with E-state index in [0.717, 1.165) is 23.5 Å². The zero-order chi connectivity index (χ0) is 14.7. The fourth-order valence-corrected chi connectivity index (χ4v) is 3.30. The molecule has 1 aromatic heterocycles. The van der Waals surface area contributed by atoms with Gasteiger partial charge in [-0.3, -0.25) is 4.79 Å². The smallest absolute Gasteiger partial charge is 0.326 e. The van der Waals surface area contributed by atoms with Gasteiger partial charge in [-0.25, -0.2) is 9.78 Å². The number of thiazole rings is 1. The Morgan fingerprint density at radius 2 is 2.30 bits per heavy atom. The Hall–Kier alpha value is -1.43. The van der Waals surface area contributed by atoms with E-state index < -0.39 is 12.0 Å². The standard InChI is InChI=1S/C14H20N2O3S/c1-3-10-4-5-16(12(6-10)14(18)19)13(17)7-11-8-20-9(2)15-11/h8,10,12H,3-7H2,1-2H3,(H,18,19). The number of hydrogen-bond acceptors (Lipinski definition) is 4. The van der Waals surface area contributed by atoms with Gasteiger partial charge in [0.2, 0.25) is 5.91 Å². The molecule has 1 aromatic rings. The number of carbonyl (C=O) groups excluding carboxylic acids is 1. The van der Waals surface area contributed by atoms with Crippen LogP contribution in [0.2, 0.25) is 0 Å². The number of aryl methyl sites for hydroxylation is 1. The molecule has 0 aliphatic carbocycles. The minimum Gasteiger partial charge on any atom is -0.480 e. The van der Waals surface area contributed by atoms with Crippen molar-refractivity contribution in [3.63, 3.8) is 0 Å². The second-order valence-corrected chi connectivity index (χ2v) is 6.34. The first kappa shape index (κ1) is 15.0. The molecule has 0 saturated carbocycles. The normalized spacial score (nSPS) is 22.8. The Kier molecular flexibility index (Phi) is 4.75. The maximum atomic E-state index is 12.3. The lowest BCUT2D eigenvalue weighted by atomic mass is 9.88. The molecule has 110 valence electrons. The Bertz CT molecular complexity index is 500. The molecular formula is C14H20N2O3S. The molecule has 0 radical (unpaired) electrons. The number of likely N-dealkylation sites (tertiary alicyclic amines) is 1. The van der Waals surface area contributed by atoms with Gasteiger partial charge in [-0.1, -0.05) is 13.3 Å². The van der Waals surface area contributed by atoms with E-state index in [4.69, 9.17) is 0 Å². The van der Waals surface area contributed by atoms with Gasteiger partial charge in [0.15, 0.2) is 0 Å². The van der Waals surface area contributed by atoms with Crippen LogP contribution in [0.25, 0.3) is 0 Å². The number of carbonyl (C=O) groups is 2. The molecule has 1 fully saturated rings. The molecule has 1 saturated heterocycles. The van der Waals surface area contributed by atoms with E-state index in [1.807, 2.05) is 12.3 Å². The van der Waals surface area contributed by atoms with E-state index in [0.29, 0.717) is 18.9 Å². The molecular weight excluding hydrogens is 276 g/mol. The van der Waals surface area contributed by atoms with E-state index >= 15 is 0 Å². The van der Waals surface area contributed by atoms with Crippen LogP contribution in [-0.2, 0) is 16.0 Å². The molecule has 1 aliphatic rings. The monoisotopic (exact) mass is 296 g/mol. The molecule has 2 rings (SSSR count). The Morgan fingerprint density at radius 3 is 2.85 bits per heavy atom. The predicted molar refractivity (Wildman–Crippen MR) is 76.7 cm³/mol. The second kappa shape index (κ2) is 6.35. The van der Waals surface area contributed by atoms with Crippen molar-refractivity contribution in [2.24, 2.45) is 5.92 Å². The van der Waals surface area contributed by atoms with Crippen LogP contribution in [0.1, 0.15) is 36.9 Å². The highest BCUT2D eigenvalue weighted by Crippen LogP contribution is 2.26. The summed E-state index contributed by atoms with van der Waals surface area (Å²) >= 11 is 1.51. The van der Waals surface area contributed by atoms with Gasteiger partial charge in [-0.2, -0.15) is 0 Å². The molecule has 0 spiro atoms. The molecule has 6 heteroatoms. The van der Waals surface area contributed by atoms with Crippen molar-refractivity contribution in [2.75, 3.05) is 6.54 Å².